The van der Waals surface area contributed by atoms with Gasteiger partial charge in [-0.05, 0) is 38.1 Å². The van der Waals surface area contributed by atoms with Gasteiger partial charge in [0.1, 0.15) is 18.3 Å². The first-order valence-electron chi connectivity index (χ1n) is 12.7. The Hall–Kier alpha value is -4.17. The molecule has 0 saturated carbocycles. The molecule has 1 fully saturated rings. The van der Waals surface area contributed by atoms with Crippen molar-refractivity contribution in [1.29, 1.82) is 0 Å². The monoisotopic (exact) mass is 612 g/mol. The van der Waals surface area contributed by atoms with Crippen LogP contribution in [0.5, 0.6) is 0 Å². The molecule has 2 rings (SSSR count). The fourth-order valence-electron chi connectivity index (χ4n) is 3.98. The second-order valence-corrected chi connectivity index (χ2v) is 9.38. The standard InChI is InChI=1S/C27H33ClN2O12/c1-7-37-27(36)21(13(2)29-19-10-8-18(28)9-11-19)25(35)30-26-24(41-17(6)34)23(40-16(5)33)22(39-15(4)32)20(42-26)12-38-14(3)31/h8-11,20,22-24,26,29H,7,12H2,1-6H3,(H,30,35)/b21-13-/t20-,22-,23+,24-,26-/m1/s1. The fourth-order valence-corrected chi connectivity index (χ4v) is 4.10. The molecular formula is C27H33ClN2O12. The molecule has 0 spiro atoms. The average Bonchev–Trinajstić information content (AvgIpc) is 2.87. The number of allylic oxidation sites excluding steroid dienone is 1. The van der Waals surface area contributed by atoms with Crippen molar-refractivity contribution < 1.29 is 57.2 Å². The van der Waals surface area contributed by atoms with Crippen molar-refractivity contribution in [2.24, 2.45) is 0 Å². The predicted molar refractivity (Wildman–Crippen MR) is 145 cm³/mol. The van der Waals surface area contributed by atoms with E-state index in [2.05, 4.69) is 10.6 Å². The van der Waals surface area contributed by atoms with Gasteiger partial charge in [0.2, 0.25) is 0 Å². The highest BCUT2D eigenvalue weighted by atomic mass is 35.5. The highest BCUT2D eigenvalue weighted by molar-refractivity contribution is 6.30. The first kappa shape index (κ1) is 34.0. The smallest absolute Gasteiger partial charge is 0.345 e. The Morgan fingerprint density at radius 3 is 1.86 bits per heavy atom. The summed E-state index contributed by atoms with van der Waals surface area (Å²) in [6.45, 7) is 6.77. The van der Waals surface area contributed by atoms with Crippen molar-refractivity contribution >= 4 is 53.0 Å². The number of benzene rings is 1. The minimum atomic E-state index is -1.59. The molecule has 15 heteroatoms. The van der Waals surface area contributed by atoms with E-state index < -0.39 is 78.6 Å². The SMILES string of the molecule is CCOC(=O)/C(C(=O)N[C@@H]1O[C@H](COC(C)=O)[C@@H](OC(C)=O)[C@H](OC(C)=O)[C@H]1OC(C)=O)=C(/C)Nc1ccc(Cl)cc1. The predicted octanol–water partition coefficient (Wildman–Crippen LogP) is 1.79. The quantitative estimate of drug-likeness (QED) is 0.121. The largest absolute Gasteiger partial charge is 0.463 e. The van der Waals surface area contributed by atoms with Crippen LogP contribution in [0.15, 0.2) is 35.5 Å². The van der Waals surface area contributed by atoms with Crippen molar-refractivity contribution in [3.8, 4) is 0 Å². The lowest BCUT2D eigenvalue weighted by Crippen LogP contribution is -2.66. The number of rotatable bonds is 11. The van der Waals surface area contributed by atoms with Crippen molar-refractivity contribution in [3.05, 3.63) is 40.6 Å². The first-order chi connectivity index (χ1) is 19.7. The number of carbonyl (C=O) groups is 6. The molecule has 0 radical (unpaired) electrons. The molecule has 0 unspecified atom stereocenters. The maximum atomic E-state index is 13.6. The van der Waals surface area contributed by atoms with Gasteiger partial charge >= 0.3 is 29.8 Å². The van der Waals surface area contributed by atoms with Gasteiger partial charge < -0.3 is 39.1 Å². The highest BCUT2D eigenvalue weighted by Gasteiger charge is 2.53. The molecule has 1 aromatic rings. The number of anilines is 1. The van der Waals surface area contributed by atoms with Crippen molar-refractivity contribution in [2.45, 2.75) is 72.2 Å². The van der Waals surface area contributed by atoms with Crippen LogP contribution in [0, 0.1) is 0 Å². The number of nitrogens with one attached hydrogen (secondary N) is 2. The van der Waals surface area contributed by atoms with E-state index in [1.807, 2.05) is 0 Å². The molecule has 5 atom stereocenters. The van der Waals surface area contributed by atoms with Crippen molar-refractivity contribution in [3.63, 3.8) is 0 Å². The number of hydrogen-bond acceptors (Lipinski definition) is 13. The van der Waals surface area contributed by atoms with Gasteiger partial charge in [-0.3, -0.25) is 24.0 Å². The van der Waals surface area contributed by atoms with Crippen molar-refractivity contribution in [1.82, 2.24) is 5.32 Å². The Balaban J connectivity index is 2.54. The molecule has 1 heterocycles. The molecule has 1 amide bonds. The van der Waals surface area contributed by atoms with Crippen LogP contribution in [0.25, 0.3) is 0 Å². The van der Waals surface area contributed by atoms with Gasteiger partial charge in [0.15, 0.2) is 24.5 Å². The Bertz CT molecular complexity index is 1220. The molecule has 0 bridgehead atoms. The van der Waals surface area contributed by atoms with Crippen LogP contribution in [0.4, 0.5) is 5.69 Å². The summed E-state index contributed by atoms with van der Waals surface area (Å²) in [5.74, 6) is -5.23. The summed E-state index contributed by atoms with van der Waals surface area (Å²) in [6.07, 6.45) is -7.40. The van der Waals surface area contributed by atoms with Crippen LogP contribution in [0.3, 0.4) is 0 Å². The Labute approximate surface area is 246 Å². The summed E-state index contributed by atoms with van der Waals surface area (Å²) < 4.78 is 32.0. The third-order valence-corrected chi connectivity index (χ3v) is 5.77. The number of esters is 5. The Kier molecular flexibility index (Phi) is 12.7. The summed E-state index contributed by atoms with van der Waals surface area (Å²) in [5.41, 5.74) is 0.123. The Morgan fingerprint density at radius 1 is 0.786 bits per heavy atom. The Morgan fingerprint density at radius 2 is 1.33 bits per heavy atom. The van der Waals surface area contributed by atoms with E-state index in [4.69, 9.17) is 40.0 Å². The first-order valence-corrected chi connectivity index (χ1v) is 13.1. The average molecular weight is 613 g/mol. The van der Waals surface area contributed by atoms with Gasteiger partial charge in [-0.15, -0.1) is 0 Å². The summed E-state index contributed by atoms with van der Waals surface area (Å²) in [6, 6.07) is 6.43. The molecule has 1 aromatic carbocycles. The van der Waals surface area contributed by atoms with E-state index in [1.165, 1.54) is 6.92 Å². The molecule has 1 saturated heterocycles. The number of carbonyl (C=O) groups excluding carboxylic acids is 6. The van der Waals surface area contributed by atoms with E-state index in [0.717, 1.165) is 27.7 Å². The molecular weight excluding hydrogens is 580 g/mol. The number of amides is 1. The summed E-state index contributed by atoms with van der Waals surface area (Å²) in [7, 11) is 0. The molecule has 1 aliphatic heterocycles. The zero-order valence-electron chi connectivity index (χ0n) is 23.9. The van der Waals surface area contributed by atoms with Crippen LogP contribution in [0.1, 0.15) is 41.5 Å². The minimum absolute atomic E-state index is 0.0527. The lowest BCUT2D eigenvalue weighted by Gasteiger charge is -2.44. The van der Waals surface area contributed by atoms with E-state index >= 15 is 0 Å². The lowest BCUT2D eigenvalue weighted by atomic mass is 9.97. The summed E-state index contributed by atoms with van der Waals surface area (Å²) >= 11 is 5.93. The topological polar surface area (TPSA) is 182 Å². The second kappa shape index (κ2) is 15.7. The maximum Gasteiger partial charge on any atom is 0.345 e. The van der Waals surface area contributed by atoms with Crippen LogP contribution in [0.2, 0.25) is 5.02 Å². The van der Waals surface area contributed by atoms with Gasteiger partial charge in [-0.1, -0.05) is 11.6 Å². The highest BCUT2D eigenvalue weighted by Crippen LogP contribution is 2.29. The molecule has 0 aromatic heterocycles. The number of ether oxygens (including phenoxy) is 6. The lowest BCUT2D eigenvalue weighted by molar-refractivity contribution is -0.256. The zero-order valence-corrected chi connectivity index (χ0v) is 24.6. The van der Waals surface area contributed by atoms with Gasteiger partial charge in [0.25, 0.3) is 5.91 Å². The van der Waals surface area contributed by atoms with Gasteiger partial charge in [0, 0.05) is 44.1 Å². The van der Waals surface area contributed by atoms with Crippen molar-refractivity contribution in [2.75, 3.05) is 18.5 Å². The molecule has 0 aliphatic carbocycles. The fraction of sp³-hybridized carbons (Fsp3) is 0.481. The second-order valence-electron chi connectivity index (χ2n) is 8.95. The number of halogens is 1. The minimum Gasteiger partial charge on any atom is -0.463 e. The van der Waals surface area contributed by atoms with E-state index in [0.29, 0.717) is 10.7 Å². The number of hydrogen-bond donors (Lipinski definition) is 2. The normalized spacial score (nSPS) is 22.0. The molecule has 230 valence electrons. The van der Waals surface area contributed by atoms with Gasteiger partial charge in [-0.25, -0.2) is 4.79 Å². The zero-order chi connectivity index (χ0) is 31.6. The molecule has 42 heavy (non-hydrogen) atoms. The van der Waals surface area contributed by atoms with Crippen LogP contribution in [-0.4, -0.2) is 79.6 Å². The van der Waals surface area contributed by atoms with Gasteiger partial charge in [-0.2, -0.15) is 0 Å². The van der Waals surface area contributed by atoms with Crippen LogP contribution in [-0.2, 0) is 57.2 Å². The summed E-state index contributed by atoms with van der Waals surface area (Å²) in [5, 5.41) is 5.84. The summed E-state index contributed by atoms with van der Waals surface area (Å²) in [4.78, 5) is 74.0. The molecule has 14 nitrogen and oxygen atoms in total. The molecule has 1 aliphatic rings. The van der Waals surface area contributed by atoms with Gasteiger partial charge in [0.05, 0.1) is 6.61 Å². The third-order valence-electron chi connectivity index (χ3n) is 5.52. The maximum absolute atomic E-state index is 13.6. The van der Waals surface area contributed by atoms with E-state index in [-0.39, 0.29) is 12.3 Å². The molecule has 2 N–H and O–H groups in total. The van der Waals surface area contributed by atoms with Crippen LogP contribution < -0.4 is 10.6 Å². The van der Waals surface area contributed by atoms with E-state index in [1.54, 1.807) is 31.2 Å². The third kappa shape index (κ3) is 10.0. The van der Waals surface area contributed by atoms with Crippen LogP contribution >= 0.6 is 11.6 Å². The van der Waals surface area contributed by atoms with E-state index in [9.17, 15) is 28.8 Å².